The molecule has 1 N–H and O–H groups in total. The quantitative estimate of drug-likeness (QED) is 0.589. The van der Waals surface area contributed by atoms with Gasteiger partial charge in [0.15, 0.2) is 0 Å². The Kier molecular flexibility index (Phi) is 6.28. The first kappa shape index (κ1) is 22.5. The summed E-state index contributed by atoms with van der Waals surface area (Å²) in [6.45, 7) is 2.47. The first-order valence-electron chi connectivity index (χ1n) is 11.9. The van der Waals surface area contributed by atoms with Crippen LogP contribution in [0.25, 0.3) is 10.9 Å². The van der Waals surface area contributed by atoms with Crippen molar-refractivity contribution < 1.29 is 19.1 Å². The molecular weight excluding hydrogens is 430 g/mol. The molecule has 2 aliphatic heterocycles. The molecule has 34 heavy (non-hydrogen) atoms. The second-order valence-corrected chi connectivity index (χ2v) is 9.24. The van der Waals surface area contributed by atoms with Gasteiger partial charge in [-0.2, -0.15) is 0 Å². The number of methoxy groups -OCH3 is 2. The van der Waals surface area contributed by atoms with Gasteiger partial charge in [-0.05, 0) is 66.7 Å². The number of aromatic amines is 1. The Morgan fingerprint density at radius 2 is 1.82 bits per heavy atom. The van der Waals surface area contributed by atoms with Crippen molar-refractivity contribution in [1.82, 2.24) is 14.8 Å². The van der Waals surface area contributed by atoms with Crippen molar-refractivity contribution in [3.8, 4) is 5.75 Å². The molecule has 2 aromatic carbocycles. The summed E-state index contributed by atoms with van der Waals surface area (Å²) in [6.07, 6.45) is 4.59. The zero-order chi connectivity index (χ0) is 23.7. The van der Waals surface area contributed by atoms with Gasteiger partial charge in [0.2, 0.25) is 5.91 Å². The highest BCUT2D eigenvalue weighted by atomic mass is 16.5. The van der Waals surface area contributed by atoms with Crippen molar-refractivity contribution in [2.24, 2.45) is 0 Å². The maximum absolute atomic E-state index is 13.3. The molecule has 1 unspecified atom stereocenters. The molecule has 0 bridgehead atoms. The van der Waals surface area contributed by atoms with Gasteiger partial charge in [-0.1, -0.05) is 24.3 Å². The Morgan fingerprint density at radius 3 is 2.56 bits per heavy atom. The van der Waals surface area contributed by atoms with Gasteiger partial charge in [-0.25, -0.2) is 4.79 Å². The average molecular weight is 462 g/mol. The van der Waals surface area contributed by atoms with Crippen LogP contribution >= 0.6 is 0 Å². The van der Waals surface area contributed by atoms with Crippen LogP contribution in [0.1, 0.15) is 35.4 Å². The molecule has 1 aromatic heterocycles. The molecule has 0 radical (unpaired) electrons. The molecule has 0 saturated carbocycles. The number of esters is 1. The number of nitrogens with one attached hydrogen (secondary N) is 1. The number of nitrogens with zero attached hydrogens (tertiary/aromatic N) is 2. The van der Waals surface area contributed by atoms with Crippen molar-refractivity contribution in [1.29, 1.82) is 0 Å². The molecule has 1 atom stereocenters. The number of ether oxygens (including phenoxy) is 2. The summed E-state index contributed by atoms with van der Waals surface area (Å²) in [5.41, 5.74) is 4.65. The summed E-state index contributed by atoms with van der Waals surface area (Å²) in [7, 11) is 3.07. The maximum atomic E-state index is 13.3. The van der Waals surface area contributed by atoms with Gasteiger partial charge in [0.25, 0.3) is 0 Å². The highest BCUT2D eigenvalue weighted by Crippen LogP contribution is 2.35. The van der Waals surface area contributed by atoms with E-state index in [9.17, 15) is 9.59 Å². The number of carbonyl (C=O) groups is 2. The van der Waals surface area contributed by atoms with E-state index in [-0.39, 0.29) is 11.9 Å². The second-order valence-electron chi connectivity index (χ2n) is 9.24. The molecule has 3 aromatic rings. The topological polar surface area (TPSA) is 74.9 Å². The monoisotopic (exact) mass is 461 g/mol. The van der Waals surface area contributed by atoms with Crippen molar-refractivity contribution in [2.45, 2.75) is 37.8 Å². The molecule has 3 heterocycles. The van der Waals surface area contributed by atoms with Crippen LogP contribution < -0.4 is 4.74 Å². The summed E-state index contributed by atoms with van der Waals surface area (Å²) in [6, 6.07) is 13.6. The number of benzene rings is 2. The third kappa shape index (κ3) is 4.28. The minimum absolute atomic E-state index is 0.0137. The van der Waals surface area contributed by atoms with Crippen LogP contribution in [0.2, 0.25) is 0 Å². The normalized spacial score (nSPS) is 19.1. The molecule has 7 nitrogen and oxygen atoms in total. The Morgan fingerprint density at radius 1 is 1.06 bits per heavy atom. The maximum Gasteiger partial charge on any atom is 0.328 e. The third-order valence-corrected chi connectivity index (χ3v) is 7.35. The van der Waals surface area contributed by atoms with E-state index in [1.54, 1.807) is 12.0 Å². The zero-order valence-electron chi connectivity index (χ0n) is 19.8. The molecule has 178 valence electrons. The predicted molar refractivity (Wildman–Crippen MR) is 130 cm³/mol. The van der Waals surface area contributed by atoms with Crippen LogP contribution in [0.5, 0.6) is 5.75 Å². The minimum Gasteiger partial charge on any atom is -0.497 e. The highest BCUT2D eigenvalue weighted by molar-refractivity contribution is 5.87. The van der Waals surface area contributed by atoms with Gasteiger partial charge < -0.3 is 19.4 Å². The summed E-state index contributed by atoms with van der Waals surface area (Å²) in [5.74, 6) is 0.938. The largest absolute Gasteiger partial charge is 0.497 e. The molecule has 7 heteroatoms. The Hall–Kier alpha value is -3.32. The van der Waals surface area contributed by atoms with Gasteiger partial charge in [-0.3, -0.25) is 9.69 Å². The Bertz CT molecular complexity index is 1200. The third-order valence-electron chi connectivity index (χ3n) is 7.35. The number of hydrogen-bond donors (Lipinski definition) is 1. The molecule has 1 fully saturated rings. The van der Waals surface area contributed by atoms with E-state index in [1.807, 2.05) is 30.3 Å². The second kappa shape index (κ2) is 9.50. The van der Waals surface area contributed by atoms with Crippen LogP contribution in [0.3, 0.4) is 0 Å². The summed E-state index contributed by atoms with van der Waals surface area (Å²) in [4.78, 5) is 33.1. The summed E-state index contributed by atoms with van der Waals surface area (Å²) in [5, 5.41) is 1.21. The van der Waals surface area contributed by atoms with Crippen molar-refractivity contribution >= 4 is 22.8 Å². The molecule has 2 aliphatic rings. The molecular formula is C27H31N3O4. The lowest BCUT2D eigenvalue weighted by molar-refractivity contribution is -0.154. The molecule has 1 amide bonds. The molecule has 1 saturated heterocycles. The SMILES string of the molecule is COC(=O)C1Cc2ccccc2CN1C(=O)CN1CCC(c2c[nH]c3ccc(OC)cc23)CC1. The van der Waals surface area contributed by atoms with E-state index in [2.05, 4.69) is 28.2 Å². The summed E-state index contributed by atoms with van der Waals surface area (Å²) >= 11 is 0. The number of hydrogen-bond acceptors (Lipinski definition) is 5. The lowest BCUT2D eigenvalue weighted by Crippen LogP contribution is -2.52. The standard InChI is InChI=1S/C27H31N3O4/c1-33-21-7-8-24-22(14-21)23(15-28-24)18-9-11-29(12-10-18)17-26(31)30-16-20-6-4-3-5-19(20)13-25(30)27(32)34-2/h3-8,14-15,18,25,28H,9-13,16-17H2,1-2H3. The fraction of sp³-hybridized carbons (Fsp3) is 0.407. The number of rotatable bonds is 5. The first-order chi connectivity index (χ1) is 16.6. The Balaban J connectivity index is 1.25. The van der Waals surface area contributed by atoms with E-state index in [0.29, 0.717) is 25.4 Å². The number of aromatic nitrogens is 1. The van der Waals surface area contributed by atoms with Gasteiger partial charge >= 0.3 is 5.97 Å². The van der Waals surface area contributed by atoms with Crippen LogP contribution in [0.4, 0.5) is 0 Å². The van der Waals surface area contributed by atoms with E-state index in [1.165, 1.54) is 18.1 Å². The van der Waals surface area contributed by atoms with E-state index < -0.39 is 6.04 Å². The average Bonchev–Trinajstić information content (AvgIpc) is 3.31. The number of fused-ring (bicyclic) bond motifs is 2. The van der Waals surface area contributed by atoms with Crippen LogP contribution in [-0.2, 0) is 27.3 Å². The van der Waals surface area contributed by atoms with E-state index in [4.69, 9.17) is 9.47 Å². The molecule has 5 rings (SSSR count). The minimum atomic E-state index is -0.564. The fourth-order valence-electron chi connectivity index (χ4n) is 5.40. The van der Waals surface area contributed by atoms with Crippen LogP contribution in [-0.4, -0.2) is 66.6 Å². The van der Waals surface area contributed by atoms with Gasteiger partial charge in [0, 0.05) is 30.1 Å². The van der Waals surface area contributed by atoms with Gasteiger partial charge in [-0.15, -0.1) is 0 Å². The van der Waals surface area contributed by atoms with Crippen molar-refractivity contribution in [3.63, 3.8) is 0 Å². The highest BCUT2D eigenvalue weighted by Gasteiger charge is 2.36. The number of H-pyrrole nitrogens is 1. The number of likely N-dealkylation sites (tertiary alicyclic amines) is 1. The molecule has 0 aliphatic carbocycles. The van der Waals surface area contributed by atoms with Crippen molar-refractivity contribution in [2.75, 3.05) is 33.9 Å². The van der Waals surface area contributed by atoms with Gasteiger partial charge in [0.1, 0.15) is 11.8 Å². The van der Waals surface area contributed by atoms with E-state index >= 15 is 0 Å². The van der Waals surface area contributed by atoms with Gasteiger partial charge in [0.05, 0.1) is 20.8 Å². The zero-order valence-corrected chi connectivity index (χ0v) is 19.8. The first-order valence-corrected chi connectivity index (χ1v) is 11.9. The fourth-order valence-corrected chi connectivity index (χ4v) is 5.40. The predicted octanol–water partition coefficient (Wildman–Crippen LogP) is 3.48. The summed E-state index contributed by atoms with van der Waals surface area (Å²) < 4.78 is 10.4. The number of piperidine rings is 1. The number of carbonyl (C=O) groups excluding carboxylic acids is 2. The van der Waals surface area contributed by atoms with E-state index in [0.717, 1.165) is 48.3 Å². The van der Waals surface area contributed by atoms with Crippen LogP contribution in [0, 0.1) is 0 Å². The Labute approximate surface area is 199 Å². The number of amides is 1. The van der Waals surface area contributed by atoms with Crippen LogP contribution in [0.15, 0.2) is 48.7 Å². The molecule has 0 spiro atoms. The lowest BCUT2D eigenvalue weighted by atomic mass is 9.89. The lowest BCUT2D eigenvalue weighted by Gasteiger charge is -2.38. The van der Waals surface area contributed by atoms with Crippen molar-refractivity contribution in [3.05, 3.63) is 65.4 Å². The smallest absolute Gasteiger partial charge is 0.328 e.